The van der Waals surface area contributed by atoms with Crippen LogP contribution in [0.15, 0.2) is 66.8 Å². The first-order valence-corrected chi connectivity index (χ1v) is 10.7. The van der Waals surface area contributed by atoms with E-state index < -0.39 is 17.7 Å². The summed E-state index contributed by atoms with van der Waals surface area (Å²) in [5.74, 6) is -1.34. The van der Waals surface area contributed by atoms with Gasteiger partial charge >= 0.3 is 0 Å². The Morgan fingerprint density at radius 1 is 1.00 bits per heavy atom. The van der Waals surface area contributed by atoms with Gasteiger partial charge in [-0.25, -0.2) is 4.98 Å². The first-order valence-electron chi connectivity index (χ1n) is 10.7. The third kappa shape index (κ3) is 4.08. The molecular weight excluding hydrogens is 402 g/mol. The number of hydrogen-bond donors (Lipinski definition) is 1. The van der Waals surface area contributed by atoms with Gasteiger partial charge in [-0.2, -0.15) is 0 Å². The first-order chi connectivity index (χ1) is 15.4. The molecule has 1 aliphatic rings. The molecule has 0 radical (unpaired) electrons. The van der Waals surface area contributed by atoms with Gasteiger partial charge in [0.25, 0.3) is 11.7 Å². The average molecular weight is 430 g/mol. The fraction of sp³-hybridized carbons (Fsp3) is 0.269. The number of aliphatic hydroxyl groups is 1. The molecule has 4 rings (SSSR count). The SMILES string of the molecule is Cc1ccc([C@@H]2C(=C(O)c3cc(C)ccc3C)C(=O)C(=O)N2CCCn2ccnc2)cc1. The van der Waals surface area contributed by atoms with E-state index in [9.17, 15) is 14.7 Å². The molecule has 0 unspecified atom stereocenters. The van der Waals surface area contributed by atoms with Crippen LogP contribution < -0.4 is 0 Å². The van der Waals surface area contributed by atoms with Crippen molar-refractivity contribution >= 4 is 17.4 Å². The molecule has 6 heteroatoms. The number of aromatic nitrogens is 2. The highest BCUT2D eigenvalue weighted by molar-refractivity contribution is 6.46. The molecule has 1 saturated heterocycles. The fourth-order valence-corrected chi connectivity index (χ4v) is 4.18. The van der Waals surface area contributed by atoms with Crippen LogP contribution >= 0.6 is 0 Å². The lowest BCUT2D eigenvalue weighted by Crippen LogP contribution is -2.31. The molecule has 0 spiro atoms. The van der Waals surface area contributed by atoms with Crippen molar-refractivity contribution in [2.75, 3.05) is 6.54 Å². The van der Waals surface area contributed by atoms with Gasteiger partial charge < -0.3 is 14.6 Å². The number of amides is 1. The van der Waals surface area contributed by atoms with Gasteiger partial charge in [-0.05, 0) is 44.4 Å². The Kier molecular flexibility index (Phi) is 5.95. The van der Waals surface area contributed by atoms with Gasteiger partial charge in [-0.15, -0.1) is 0 Å². The number of benzene rings is 2. The normalized spacial score (nSPS) is 17.8. The van der Waals surface area contributed by atoms with E-state index in [2.05, 4.69) is 4.98 Å². The Balaban J connectivity index is 1.76. The molecule has 0 saturated carbocycles. The smallest absolute Gasteiger partial charge is 0.295 e. The van der Waals surface area contributed by atoms with Crippen molar-refractivity contribution in [1.29, 1.82) is 0 Å². The molecule has 1 aliphatic heterocycles. The van der Waals surface area contributed by atoms with Crippen LogP contribution in [0, 0.1) is 20.8 Å². The number of likely N-dealkylation sites (tertiary alicyclic amines) is 1. The van der Waals surface area contributed by atoms with E-state index in [1.54, 1.807) is 17.4 Å². The standard InChI is InChI=1S/C26H27N3O3/c1-17-6-9-20(10-7-17)23-22(24(30)21-15-18(2)5-8-19(21)3)25(31)26(32)29(23)13-4-12-28-14-11-27-16-28/h5-11,14-16,23,30H,4,12-13H2,1-3H3/t23-/m1/s1. The maximum atomic E-state index is 13.1. The summed E-state index contributed by atoms with van der Waals surface area (Å²) in [7, 11) is 0. The molecule has 1 aromatic heterocycles. The summed E-state index contributed by atoms with van der Waals surface area (Å²) in [4.78, 5) is 31.8. The van der Waals surface area contributed by atoms with Crippen LogP contribution in [0.1, 0.15) is 40.3 Å². The number of Topliss-reactive ketones (excluding diaryl/α,β-unsaturated/α-hetero) is 1. The summed E-state index contributed by atoms with van der Waals surface area (Å²) in [5, 5.41) is 11.3. The Hall–Kier alpha value is -3.67. The highest BCUT2D eigenvalue weighted by Gasteiger charge is 2.45. The molecule has 1 N–H and O–H groups in total. The zero-order valence-electron chi connectivity index (χ0n) is 18.6. The second-order valence-corrected chi connectivity index (χ2v) is 8.38. The van der Waals surface area contributed by atoms with E-state index in [-0.39, 0.29) is 11.3 Å². The summed E-state index contributed by atoms with van der Waals surface area (Å²) in [6.07, 6.45) is 5.97. The third-order valence-corrected chi connectivity index (χ3v) is 5.96. The minimum atomic E-state index is -0.642. The van der Waals surface area contributed by atoms with Gasteiger partial charge in [0, 0.05) is 31.0 Å². The predicted octanol–water partition coefficient (Wildman–Crippen LogP) is 4.32. The molecular formula is C26H27N3O3. The Morgan fingerprint density at radius 3 is 2.41 bits per heavy atom. The Morgan fingerprint density at radius 2 is 1.72 bits per heavy atom. The maximum absolute atomic E-state index is 13.1. The molecule has 32 heavy (non-hydrogen) atoms. The summed E-state index contributed by atoms with van der Waals surface area (Å²) in [6, 6.07) is 12.8. The summed E-state index contributed by atoms with van der Waals surface area (Å²) in [5.41, 5.74) is 4.44. The molecule has 164 valence electrons. The Labute approximate surface area is 187 Å². The quantitative estimate of drug-likeness (QED) is 0.360. The van der Waals surface area contributed by atoms with Gasteiger partial charge in [0.1, 0.15) is 5.76 Å². The molecule has 1 amide bonds. The predicted molar refractivity (Wildman–Crippen MR) is 123 cm³/mol. The number of hydrogen-bond acceptors (Lipinski definition) is 4. The monoisotopic (exact) mass is 429 g/mol. The van der Waals surface area contributed by atoms with Crippen LogP contribution in [-0.4, -0.2) is 37.8 Å². The lowest BCUT2D eigenvalue weighted by atomic mass is 9.93. The third-order valence-electron chi connectivity index (χ3n) is 5.96. The molecule has 0 aliphatic carbocycles. The average Bonchev–Trinajstić information content (AvgIpc) is 3.38. The van der Waals surface area contributed by atoms with Crippen LogP contribution in [-0.2, 0) is 16.1 Å². The minimum Gasteiger partial charge on any atom is -0.507 e. The number of rotatable bonds is 6. The van der Waals surface area contributed by atoms with Crippen molar-refractivity contribution in [3.63, 3.8) is 0 Å². The van der Waals surface area contributed by atoms with Gasteiger partial charge in [-0.1, -0.05) is 47.5 Å². The van der Waals surface area contributed by atoms with Crippen LogP contribution in [0.4, 0.5) is 0 Å². The van der Waals surface area contributed by atoms with E-state index in [1.165, 1.54) is 0 Å². The highest BCUT2D eigenvalue weighted by Crippen LogP contribution is 2.40. The molecule has 2 aromatic carbocycles. The molecule has 1 atom stereocenters. The lowest BCUT2D eigenvalue weighted by Gasteiger charge is -2.25. The van der Waals surface area contributed by atoms with Crippen molar-refractivity contribution in [2.45, 2.75) is 39.8 Å². The van der Waals surface area contributed by atoms with E-state index in [0.29, 0.717) is 25.1 Å². The van der Waals surface area contributed by atoms with Gasteiger partial charge in [0.05, 0.1) is 17.9 Å². The molecule has 3 aromatic rings. The van der Waals surface area contributed by atoms with Crippen molar-refractivity contribution in [2.24, 2.45) is 0 Å². The molecule has 1 fully saturated rings. The molecule has 6 nitrogen and oxygen atoms in total. The number of carbonyl (C=O) groups is 2. The zero-order chi connectivity index (χ0) is 22.8. The topological polar surface area (TPSA) is 75.4 Å². The number of carbonyl (C=O) groups excluding carboxylic acids is 2. The van der Waals surface area contributed by atoms with E-state index in [4.69, 9.17) is 0 Å². The second-order valence-electron chi connectivity index (χ2n) is 8.38. The second kappa shape index (κ2) is 8.83. The van der Waals surface area contributed by atoms with Crippen molar-refractivity contribution in [3.05, 3.63) is 94.6 Å². The number of ketones is 1. The van der Waals surface area contributed by atoms with Crippen LogP contribution in [0.25, 0.3) is 5.76 Å². The minimum absolute atomic E-state index is 0.118. The zero-order valence-corrected chi connectivity index (χ0v) is 18.6. The van der Waals surface area contributed by atoms with E-state index >= 15 is 0 Å². The fourth-order valence-electron chi connectivity index (χ4n) is 4.18. The van der Waals surface area contributed by atoms with Crippen molar-refractivity contribution < 1.29 is 14.7 Å². The summed E-state index contributed by atoms with van der Waals surface area (Å²) < 4.78 is 1.94. The van der Waals surface area contributed by atoms with Crippen LogP contribution in [0.3, 0.4) is 0 Å². The van der Waals surface area contributed by atoms with Crippen LogP contribution in [0.5, 0.6) is 0 Å². The van der Waals surface area contributed by atoms with Crippen LogP contribution in [0.2, 0.25) is 0 Å². The number of aryl methyl sites for hydroxylation is 4. The first kappa shape index (κ1) is 21.6. The molecule has 0 bridgehead atoms. The van der Waals surface area contributed by atoms with Crippen molar-refractivity contribution in [3.8, 4) is 0 Å². The Bertz CT molecular complexity index is 1180. The van der Waals surface area contributed by atoms with E-state index in [0.717, 1.165) is 22.3 Å². The summed E-state index contributed by atoms with van der Waals surface area (Å²) >= 11 is 0. The number of nitrogens with zero attached hydrogens (tertiary/aromatic N) is 3. The van der Waals surface area contributed by atoms with Crippen molar-refractivity contribution in [1.82, 2.24) is 14.5 Å². The maximum Gasteiger partial charge on any atom is 0.295 e. The lowest BCUT2D eigenvalue weighted by molar-refractivity contribution is -0.139. The largest absolute Gasteiger partial charge is 0.507 e. The number of aliphatic hydroxyl groups excluding tert-OH is 1. The number of imidazole rings is 1. The molecule has 2 heterocycles. The van der Waals surface area contributed by atoms with Gasteiger partial charge in [0.15, 0.2) is 0 Å². The summed E-state index contributed by atoms with van der Waals surface area (Å²) in [6.45, 7) is 6.88. The van der Waals surface area contributed by atoms with E-state index in [1.807, 2.05) is 74.0 Å². The highest BCUT2D eigenvalue weighted by atomic mass is 16.3. The van der Waals surface area contributed by atoms with Gasteiger partial charge in [0.2, 0.25) is 0 Å². The van der Waals surface area contributed by atoms with Gasteiger partial charge in [-0.3, -0.25) is 9.59 Å².